The molecule has 5 heteroatoms. The normalized spacial score (nSPS) is 32.9. The van der Waals surface area contributed by atoms with E-state index in [1.54, 1.807) is 17.7 Å². The van der Waals surface area contributed by atoms with Gasteiger partial charge in [0.15, 0.2) is 5.11 Å². The van der Waals surface area contributed by atoms with Crippen LogP contribution in [0.1, 0.15) is 38.5 Å². The molecule has 0 amide bonds. The van der Waals surface area contributed by atoms with Gasteiger partial charge in [-0.3, -0.25) is 4.90 Å². The number of nitrogens with zero attached hydrogens (tertiary/aromatic N) is 2. The van der Waals surface area contributed by atoms with Crippen LogP contribution in [-0.4, -0.2) is 46.6 Å². The molecule has 1 aromatic rings. The van der Waals surface area contributed by atoms with E-state index in [1.807, 2.05) is 6.07 Å². The van der Waals surface area contributed by atoms with Gasteiger partial charge in [0.05, 0.1) is 11.7 Å². The lowest BCUT2D eigenvalue weighted by Crippen LogP contribution is -2.60. The van der Waals surface area contributed by atoms with Crippen LogP contribution in [0, 0.1) is 17.7 Å². The van der Waals surface area contributed by atoms with Crippen LogP contribution in [-0.2, 0) is 0 Å². The van der Waals surface area contributed by atoms with Gasteiger partial charge in [-0.25, -0.2) is 4.39 Å². The van der Waals surface area contributed by atoms with E-state index in [-0.39, 0.29) is 5.82 Å². The van der Waals surface area contributed by atoms with E-state index < -0.39 is 0 Å². The van der Waals surface area contributed by atoms with Crippen molar-refractivity contribution in [3.63, 3.8) is 0 Å². The molecule has 1 aromatic carbocycles. The predicted molar refractivity (Wildman–Crippen MR) is 111 cm³/mol. The van der Waals surface area contributed by atoms with Crippen molar-refractivity contribution in [2.75, 3.05) is 25.0 Å². The lowest BCUT2D eigenvalue weighted by atomic mass is 9.68. The Bertz CT molecular complexity index is 764. The first kappa shape index (κ1) is 17.6. The minimum Gasteiger partial charge on any atom is -0.342 e. The molecule has 0 unspecified atom stereocenters. The third-order valence-electron chi connectivity index (χ3n) is 7.03. The van der Waals surface area contributed by atoms with Crippen molar-refractivity contribution in [2.24, 2.45) is 11.8 Å². The molecule has 3 heterocycles. The summed E-state index contributed by atoms with van der Waals surface area (Å²) in [5.74, 6) is 1.12. The molecule has 3 fully saturated rings. The van der Waals surface area contributed by atoms with Crippen molar-refractivity contribution in [3.05, 3.63) is 41.7 Å². The molecule has 0 saturated carbocycles. The second-order valence-corrected chi connectivity index (χ2v) is 9.00. The fraction of sp³-hybridized carbons (Fsp3) is 0.591. The molecule has 5 rings (SSSR count). The Hall–Kier alpha value is -1.46. The number of likely N-dealkylation sites (tertiary alicyclic amines) is 1. The zero-order valence-electron chi connectivity index (χ0n) is 15.7. The second kappa shape index (κ2) is 7.17. The molecule has 0 spiro atoms. The quantitative estimate of drug-likeness (QED) is 0.570. The van der Waals surface area contributed by atoms with Gasteiger partial charge in [0.2, 0.25) is 0 Å². The molecule has 3 aliphatic heterocycles. The molecular weight excluding hydrogens is 357 g/mol. The lowest BCUT2D eigenvalue weighted by molar-refractivity contribution is 0.0132. The number of para-hydroxylation sites is 1. The molecule has 1 N–H and O–H groups in total. The maximum Gasteiger partial charge on any atom is 0.174 e. The summed E-state index contributed by atoms with van der Waals surface area (Å²) < 4.78 is 14.1. The number of rotatable bonds is 1. The standard InChI is InChI=1S/C22H28FN3S/c23-18-7-1-2-8-19(18)24-22(27)26-11-5-6-15-12-16-13-17(21(15)26)14-25-10-4-3-9-20(16)25/h1-2,7-8,12,16-17,20-21H,3-6,9-11,13-14H2,(H,24,27)/t16-,17-,20-,21-/m1/s1. The molecule has 2 bridgehead atoms. The predicted octanol–water partition coefficient (Wildman–Crippen LogP) is 4.42. The van der Waals surface area contributed by atoms with Crippen LogP contribution in [0.2, 0.25) is 0 Å². The van der Waals surface area contributed by atoms with Gasteiger partial charge in [-0.15, -0.1) is 0 Å². The number of hydrogen-bond donors (Lipinski definition) is 1. The Morgan fingerprint density at radius 3 is 2.93 bits per heavy atom. The Morgan fingerprint density at radius 1 is 1.15 bits per heavy atom. The highest BCUT2D eigenvalue weighted by Gasteiger charge is 2.46. The minimum absolute atomic E-state index is 0.245. The molecule has 4 atom stereocenters. The van der Waals surface area contributed by atoms with E-state index >= 15 is 0 Å². The van der Waals surface area contributed by atoms with E-state index in [2.05, 4.69) is 21.2 Å². The number of benzene rings is 1. The summed E-state index contributed by atoms with van der Waals surface area (Å²) in [4.78, 5) is 5.10. The summed E-state index contributed by atoms with van der Waals surface area (Å²) in [5.41, 5.74) is 2.07. The third kappa shape index (κ3) is 3.19. The summed E-state index contributed by atoms with van der Waals surface area (Å²) in [6.07, 6.45) is 10.3. The van der Waals surface area contributed by atoms with E-state index in [1.165, 1.54) is 51.3 Å². The van der Waals surface area contributed by atoms with Crippen molar-refractivity contribution < 1.29 is 4.39 Å². The number of thiocarbonyl (C=S) groups is 1. The molecule has 4 aliphatic rings. The van der Waals surface area contributed by atoms with Gasteiger partial charge < -0.3 is 10.2 Å². The first-order valence-electron chi connectivity index (χ1n) is 10.5. The van der Waals surface area contributed by atoms with Crippen molar-refractivity contribution in [2.45, 2.75) is 50.6 Å². The lowest BCUT2D eigenvalue weighted by Gasteiger charge is -2.55. The van der Waals surface area contributed by atoms with E-state index in [4.69, 9.17) is 12.2 Å². The summed E-state index contributed by atoms with van der Waals surface area (Å²) in [6, 6.07) is 7.96. The highest BCUT2D eigenvalue weighted by molar-refractivity contribution is 7.80. The number of piperidine rings is 3. The van der Waals surface area contributed by atoms with Crippen LogP contribution >= 0.6 is 12.2 Å². The highest BCUT2D eigenvalue weighted by Crippen LogP contribution is 2.45. The highest BCUT2D eigenvalue weighted by atomic mass is 32.1. The van der Waals surface area contributed by atoms with Gasteiger partial charge in [0, 0.05) is 19.1 Å². The molecule has 144 valence electrons. The topological polar surface area (TPSA) is 18.5 Å². The maximum atomic E-state index is 14.1. The minimum atomic E-state index is -0.245. The van der Waals surface area contributed by atoms with Gasteiger partial charge >= 0.3 is 0 Å². The Morgan fingerprint density at radius 2 is 2.04 bits per heavy atom. The number of halogens is 1. The maximum absolute atomic E-state index is 14.1. The van der Waals surface area contributed by atoms with Crippen LogP contribution < -0.4 is 5.32 Å². The zero-order chi connectivity index (χ0) is 18.4. The van der Waals surface area contributed by atoms with Crippen molar-refractivity contribution in [1.29, 1.82) is 0 Å². The van der Waals surface area contributed by atoms with Gasteiger partial charge in [-0.1, -0.05) is 30.2 Å². The van der Waals surface area contributed by atoms with Crippen LogP contribution in [0.4, 0.5) is 10.1 Å². The molecule has 3 nitrogen and oxygen atoms in total. The van der Waals surface area contributed by atoms with E-state index in [0.717, 1.165) is 24.9 Å². The third-order valence-corrected chi connectivity index (χ3v) is 7.37. The smallest absolute Gasteiger partial charge is 0.174 e. The Balaban J connectivity index is 1.40. The largest absolute Gasteiger partial charge is 0.342 e. The van der Waals surface area contributed by atoms with Crippen LogP contribution in [0.3, 0.4) is 0 Å². The first-order valence-corrected chi connectivity index (χ1v) is 10.9. The van der Waals surface area contributed by atoms with Crippen LogP contribution in [0.25, 0.3) is 0 Å². The number of nitrogens with one attached hydrogen (secondary N) is 1. The number of anilines is 1. The van der Waals surface area contributed by atoms with Crippen LogP contribution in [0.5, 0.6) is 0 Å². The average molecular weight is 386 g/mol. The van der Waals surface area contributed by atoms with Gasteiger partial charge in [0.1, 0.15) is 5.82 Å². The molecule has 0 radical (unpaired) electrons. The zero-order valence-corrected chi connectivity index (χ0v) is 16.6. The second-order valence-electron chi connectivity index (χ2n) is 8.61. The van der Waals surface area contributed by atoms with E-state index in [9.17, 15) is 4.39 Å². The Kier molecular flexibility index (Phi) is 4.68. The van der Waals surface area contributed by atoms with Crippen molar-refractivity contribution in [1.82, 2.24) is 9.80 Å². The first-order chi connectivity index (χ1) is 13.2. The summed E-state index contributed by atoms with van der Waals surface area (Å²) in [6.45, 7) is 3.42. The fourth-order valence-electron chi connectivity index (χ4n) is 5.95. The number of hydrogen-bond acceptors (Lipinski definition) is 2. The van der Waals surface area contributed by atoms with Gasteiger partial charge in [0.25, 0.3) is 0 Å². The SMILES string of the molecule is Fc1ccccc1NC(=S)N1CCCC2=C[C@@H]3C[C@H](CN4CCCC[C@H]34)[C@@H]21. The van der Waals surface area contributed by atoms with E-state index in [0.29, 0.717) is 22.8 Å². The van der Waals surface area contributed by atoms with Crippen molar-refractivity contribution in [3.8, 4) is 0 Å². The Labute approximate surface area is 166 Å². The molecular formula is C22H28FN3S. The molecule has 1 aliphatic carbocycles. The molecule has 3 saturated heterocycles. The monoisotopic (exact) mass is 385 g/mol. The number of fused-ring (bicyclic) bond motifs is 6. The fourth-order valence-corrected chi connectivity index (χ4v) is 6.27. The average Bonchev–Trinajstić information content (AvgIpc) is 2.69. The molecule has 27 heavy (non-hydrogen) atoms. The summed E-state index contributed by atoms with van der Waals surface area (Å²) >= 11 is 5.75. The van der Waals surface area contributed by atoms with Gasteiger partial charge in [-0.05, 0) is 74.8 Å². The summed E-state index contributed by atoms with van der Waals surface area (Å²) in [5, 5.41) is 3.86. The van der Waals surface area contributed by atoms with Crippen LogP contribution in [0.15, 0.2) is 35.9 Å². The molecule has 0 aromatic heterocycles. The van der Waals surface area contributed by atoms with Gasteiger partial charge in [-0.2, -0.15) is 0 Å². The summed E-state index contributed by atoms with van der Waals surface area (Å²) in [7, 11) is 0. The van der Waals surface area contributed by atoms with Crippen molar-refractivity contribution >= 4 is 23.0 Å².